The lowest BCUT2D eigenvalue weighted by Gasteiger charge is -2.07. The monoisotopic (exact) mass is 347 g/mol. The first-order valence-corrected chi connectivity index (χ1v) is 7.94. The largest absolute Gasteiger partial charge is 0.336 e. The predicted octanol–water partition coefficient (Wildman–Crippen LogP) is 3.72. The SMILES string of the molecule is Cc1ccncc1NC(=O)c1ccnc2nc(-c3ccc(F)cc3)[nH]c12. The van der Waals surface area contributed by atoms with Crippen LogP contribution in [0.5, 0.6) is 0 Å². The molecule has 0 saturated heterocycles. The molecule has 0 atom stereocenters. The second kappa shape index (κ2) is 6.36. The number of halogens is 1. The lowest BCUT2D eigenvalue weighted by atomic mass is 10.2. The first kappa shape index (κ1) is 15.9. The number of pyridine rings is 2. The maximum atomic E-state index is 13.1. The zero-order valence-corrected chi connectivity index (χ0v) is 13.8. The van der Waals surface area contributed by atoms with E-state index in [4.69, 9.17) is 0 Å². The molecule has 4 rings (SSSR count). The van der Waals surface area contributed by atoms with Crippen LogP contribution in [0.4, 0.5) is 10.1 Å². The minimum absolute atomic E-state index is 0.289. The average Bonchev–Trinajstić information content (AvgIpc) is 3.08. The predicted molar refractivity (Wildman–Crippen MR) is 96.2 cm³/mol. The highest BCUT2D eigenvalue weighted by atomic mass is 19.1. The minimum Gasteiger partial charge on any atom is -0.336 e. The Morgan fingerprint density at radius 1 is 1.12 bits per heavy atom. The summed E-state index contributed by atoms with van der Waals surface area (Å²) in [5.41, 5.74) is 3.61. The van der Waals surface area contributed by atoms with Crippen LogP contribution in [0.15, 0.2) is 55.0 Å². The fraction of sp³-hybridized carbons (Fsp3) is 0.0526. The molecular formula is C19H14FN5O. The maximum Gasteiger partial charge on any atom is 0.258 e. The summed E-state index contributed by atoms with van der Waals surface area (Å²) < 4.78 is 13.1. The van der Waals surface area contributed by atoms with Gasteiger partial charge in [0, 0.05) is 18.0 Å². The fourth-order valence-electron chi connectivity index (χ4n) is 2.63. The molecule has 7 heteroatoms. The summed E-state index contributed by atoms with van der Waals surface area (Å²) in [4.78, 5) is 28.4. The van der Waals surface area contributed by atoms with Crippen LogP contribution < -0.4 is 5.32 Å². The average molecular weight is 347 g/mol. The number of fused-ring (bicyclic) bond motifs is 1. The summed E-state index contributed by atoms with van der Waals surface area (Å²) in [6.45, 7) is 1.89. The third kappa shape index (κ3) is 2.90. The number of aryl methyl sites for hydroxylation is 1. The van der Waals surface area contributed by atoms with Gasteiger partial charge in [-0.05, 0) is 48.9 Å². The maximum absolute atomic E-state index is 13.1. The van der Waals surface area contributed by atoms with Gasteiger partial charge in [-0.15, -0.1) is 0 Å². The van der Waals surface area contributed by atoms with Crippen LogP contribution in [-0.2, 0) is 0 Å². The highest BCUT2D eigenvalue weighted by Gasteiger charge is 2.16. The van der Waals surface area contributed by atoms with Crippen molar-refractivity contribution in [2.45, 2.75) is 6.92 Å². The van der Waals surface area contributed by atoms with Crippen LogP contribution in [0.3, 0.4) is 0 Å². The minimum atomic E-state index is -0.324. The van der Waals surface area contributed by atoms with Crippen LogP contribution in [0.25, 0.3) is 22.6 Å². The van der Waals surface area contributed by atoms with Gasteiger partial charge >= 0.3 is 0 Å². The molecule has 4 aromatic rings. The Kier molecular flexibility index (Phi) is 3.89. The Morgan fingerprint density at radius 3 is 2.69 bits per heavy atom. The van der Waals surface area contributed by atoms with Crippen molar-refractivity contribution in [3.05, 3.63) is 71.9 Å². The Morgan fingerprint density at radius 2 is 1.92 bits per heavy atom. The third-order valence-corrected chi connectivity index (χ3v) is 4.04. The second-order valence-corrected chi connectivity index (χ2v) is 5.79. The summed E-state index contributed by atoms with van der Waals surface area (Å²) in [6.07, 6.45) is 4.80. The van der Waals surface area contributed by atoms with Gasteiger partial charge in [0.05, 0.1) is 23.0 Å². The normalized spacial score (nSPS) is 10.8. The van der Waals surface area contributed by atoms with Crippen molar-refractivity contribution in [1.29, 1.82) is 0 Å². The zero-order valence-electron chi connectivity index (χ0n) is 13.8. The van der Waals surface area contributed by atoms with Crippen LogP contribution in [0.1, 0.15) is 15.9 Å². The van der Waals surface area contributed by atoms with E-state index >= 15 is 0 Å². The number of hydrogen-bond acceptors (Lipinski definition) is 4. The van der Waals surface area contributed by atoms with E-state index in [1.165, 1.54) is 18.3 Å². The van der Waals surface area contributed by atoms with Gasteiger partial charge in [0.15, 0.2) is 5.65 Å². The summed E-state index contributed by atoms with van der Waals surface area (Å²) >= 11 is 0. The van der Waals surface area contributed by atoms with Crippen molar-refractivity contribution in [1.82, 2.24) is 19.9 Å². The van der Waals surface area contributed by atoms with Gasteiger partial charge in [-0.1, -0.05) is 0 Å². The van der Waals surface area contributed by atoms with E-state index in [1.54, 1.807) is 30.6 Å². The number of aromatic nitrogens is 4. The number of benzene rings is 1. The van der Waals surface area contributed by atoms with Crippen molar-refractivity contribution >= 4 is 22.8 Å². The Labute approximate surface area is 148 Å². The van der Waals surface area contributed by atoms with Crippen LogP contribution in [-0.4, -0.2) is 25.8 Å². The topological polar surface area (TPSA) is 83.6 Å². The molecule has 0 bridgehead atoms. The smallest absolute Gasteiger partial charge is 0.258 e. The molecule has 0 fully saturated rings. The van der Waals surface area contributed by atoms with Gasteiger partial charge < -0.3 is 10.3 Å². The number of imidazole rings is 1. The summed E-state index contributed by atoms with van der Waals surface area (Å²) in [6, 6.07) is 9.39. The Hall–Kier alpha value is -3.61. The van der Waals surface area contributed by atoms with E-state index in [0.29, 0.717) is 33.8 Å². The molecule has 26 heavy (non-hydrogen) atoms. The summed E-state index contributed by atoms with van der Waals surface area (Å²) in [5.74, 6) is -0.0944. The van der Waals surface area contributed by atoms with Crippen molar-refractivity contribution in [2.75, 3.05) is 5.32 Å². The standard InChI is InChI=1S/C19H14FN5O/c1-11-6-8-21-10-15(11)23-19(26)14-7-9-22-18-16(14)24-17(25-18)12-2-4-13(20)5-3-12/h2-10H,1H3,(H,23,26)(H,22,24,25). The number of rotatable bonds is 3. The molecule has 0 aliphatic rings. The molecule has 0 spiro atoms. The van der Waals surface area contributed by atoms with E-state index in [9.17, 15) is 9.18 Å². The van der Waals surface area contributed by atoms with Gasteiger partial charge in [0.25, 0.3) is 5.91 Å². The number of hydrogen-bond donors (Lipinski definition) is 2. The molecule has 0 aliphatic carbocycles. The molecule has 0 radical (unpaired) electrons. The number of carbonyl (C=O) groups is 1. The lowest BCUT2D eigenvalue weighted by molar-refractivity contribution is 0.102. The molecule has 2 N–H and O–H groups in total. The Bertz CT molecular complexity index is 1100. The molecule has 3 aromatic heterocycles. The number of carbonyl (C=O) groups excluding carboxylic acids is 1. The molecule has 1 aromatic carbocycles. The molecule has 0 aliphatic heterocycles. The van der Waals surface area contributed by atoms with E-state index in [2.05, 4.69) is 25.3 Å². The van der Waals surface area contributed by atoms with E-state index < -0.39 is 0 Å². The first-order chi connectivity index (χ1) is 12.6. The van der Waals surface area contributed by atoms with Crippen LogP contribution in [0, 0.1) is 12.7 Å². The molecule has 128 valence electrons. The lowest BCUT2D eigenvalue weighted by Crippen LogP contribution is -2.13. The second-order valence-electron chi connectivity index (χ2n) is 5.79. The van der Waals surface area contributed by atoms with E-state index in [0.717, 1.165) is 5.56 Å². The molecule has 0 saturated carbocycles. The van der Waals surface area contributed by atoms with Crippen molar-refractivity contribution < 1.29 is 9.18 Å². The van der Waals surface area contributed by atoms with E-state index in [1.807, 2.05) is 13.0 Å². The number of H-pyrrole nitrogens is 1. The van der Waals surface area contributed by atoms with Crippen molar-refractivity contribution in [2.24, 2.45) is 0 Å². The summed E-state index contributed by atoms with van der Waals surface area (Å²) in [5, 5.41) is 2.85. The third-order valence-electron chi connectivity index (χ3n) is 4.04. The van der Waals surface area contributed by atoms with Gasteiger partial charge in [-0.3, -0.25) is 9.78 Å². The van der Waals surface area contributed by atoms with Crippen LogP contribution in [0.2, 0.25) is 0 Å². The van der Waals surface area contributed by atoms with Crippen molar-refractivity contribution in [3.8, 4) is 11.4 Å². The zero-order chi connectivity index (χ0) is 18.1. The molecule has 1 amide bonds. The number of nitrogens with one attached hydrogen (secondary N) is 2. The number of aromatic amines is 1. The molecule has 6 nitrogen and oxygen atoms in total. The van der Waals surface area contributed by atoms with Gasteiger partial charge in [0.2, 0.25) is 0 Å². The molecule has 3 heterocycles. The van der Waals surface area contributed by atoms with Crippen LogP contribution >= 0.6 is 0 Å². The number of amides is 1. The van der Waals surface area contributed by atoms with E-state index in [-0.39, 0.29) is 11.7 Å². The van der Waals surface area contributed by atoms with Crippen molar-refractivity contribution in [3.63, 3.8) is 0 Å². The van der Waals surface area contributed by atoms with Gasteiger partial charge in [-0.25, -0.2) is 14.4 Å². The Balaban J connectivity index is 1.72. The highest BCUT2D eigenvalue weighted by molar-refractivity contribution is 6.11. The summed E-state index contributed by atoms with van der Waals surface area (Å²) in [7, 11) is 0. The quantitative estimate of drug-likeness (QED) is 0.592. The first-order valence-electron chi connectivity index (χ1n) is 7.94. The van der Waals surface area contributed by atoms with Gasteiger partial charge in [-0.2, -0.15) is 0 Å². The highest BCUT2D eigenvalue weighted by Crippen LogP contribution is 2.23. The fourth-order valence-corrected chi connectivity index (χ4v) is 2.63. The molecular weight excluding hydrogens is 333 g/mol. The molecule has 0 unspecified atom stereocenters. The van der Waals surface area contributed by atoms with Gasteiger partial charge in [0.1, 0.15) is 11.6 Å². The number of anilines is 1. The number of nitrogens with zero attached hydrogens (tertiary/aromatic N) is 3.